The van der Waals surface area contributed by atoms with Gasteiger partial charge in [0.2, 0.25) is 10.0 Å². The van der Waals surface area contributed by atoms with E-state index in [0.717, 1.165) is 16.8 Å². The second-order valence-electron chi connectivity index (χ2n) is 7.19. The molecule has 0 atom stereocenters. The number of benzene rings is 3. The van der Waals surface area contributed by atoms with Crippen molar-refractivity contribution < 1.29 is 26.5 Å². The number of hydrogen-bond donors (Lipinski definition) is 1. The molecule has 1 aromatic heterocycles. The van der Waals surface area contributed by atoms with Crippen LogP contribution in [-0.4, -0.2) is 23.1 Å². The first-order valence-corrected chi connectivity index (χ1v) is 11.1. The van der Waals surface area contributed by atoms with Crippen molar-refractivity contribution in [3.05, 3.63) is 94.7 Å². The van der Waals surface area contributed by atoms with Crippen molar-refractivity contribution in [2.75, 3.05) is 0 Å². The number of halogens is 3. The van der Waals surface area contributed by atoms with Crippen molar-refractivity contribution in [1.29, 1.82) is 0 Å². The number of non-ortho nitro benzene ring substituents is 1. The van der Waals surface area contributed by atoms with Gasteiger partial charge in [-0.15, -0.1) is 0 Å². The largest absolute Gasteiger partial charge is 0.435 e. The van der Waals surface area contributed by atoms with Crippen molar-refractivity contribution in [3.63, 3.8) is 0 Å². The Hall–Kier alpha value is -4.03. The maximum atomic E-state index is 14.1. The van der Waals surface area contributed by atoms with Gasteiger partial charge in [-0.25, -0.2) is 18.2 Å². The second-order valence-corrected chi connectivity index (χ2v) is 8.75. The molecule has 0 aliphatic rings. The Morgan fingerprint density at radius 2 is 1.47 bits per heavy atom. The zero-order valence-corrected chi connectivity index (χ0v) is 17.9. The summed E-state index contributed by atoms with van der Waals surface area (Å²) in [5, 5.41) is 20.0. The van der Waals surface area contributed by atoms with E-state index in [4.69, 9.17) is 5.14 Å². The molecule has 34 heavy (non-hydrogen) atoms. The SMILES string of the molecule is NS(=O)(=O)c1ccc(-c2c(-c3ccccc3)c(C(F)(F)F)nn2-c2ccc([N+](=O)[O-])cc2)cc1. The Balaban J connectivity index is 2.05. The van der Waals surface area contributed by atoms with Crippen LogP contribution in [0.1, 0.15) is 5.69 Å². The second kappa shape index (κ2) is 8.39. The molecule has 0 aliphatic carbocycles. The quantitative estimate of drug-likeness (QED) is 0.320. The Morgan fingerprint density at radius 3 is 1.97 bits per heavy atom. The highest BCUT2D eigenvalue weighted by Crippen LogP contribution is 2.43. The number of nitro groups is 1. The minimum atomic E-state index is -4.83. The van der Waals surface area contributed by atoms with Crippen LogP contribution in [0.3, 0.4) is 0 Å². The Labute approximate surface area is 191 Å². The van der Waals surface area contributed by atoms with E-state index in [2.05, 4.69) is 5.10 Å². The molecule has 12 heteroatoms. The number of rotatable bonds is 5. The molecule has 8 nitrogen and oxygen atoms in total. The predicted molar refractivity (Wildman–Crippen MR) is 117 cm³/mol. The molecular formula is C22H15F3N4O4S. The molecule has 0 fully saturated rings. The van der Waals surface area contributed by atoms with Crippen LogP contribution >= 0.6 is 0 Å². The van der Waals surface area contributed by atoms with E-state index in [0.29, 0.717) is 0 Å². The molecule has 4 rings (SSSR count). The van der Waals surface area contributed by atoms with Gasteiger partial charge in [0.15, 0.2) is 5.69 Å². The van der Waals surface area contributed by atoms with Crippen LogP contribution < -0.4 is 5.14 Å². The van der Waals surface area contributed by atoms with Crippen LogP contribution in [0, 0.1) is 10.1 Å². The third kappa shape index (κ3) is 4.40. The molecule has 0 aliphatic heterocycles. The van der Waals surface area contributed by atoms with Crippen LogP contribution in [-0.2, 0) is 16.2 Å². The lowest BCUT2D eigenvalue weighted by Gasteiger charge is -2.12. The standard InChI is InChI=1S/C22H15F3N4O4S/c23-22(24,25)21-19(14-4-2-1-3-5-14)20(15-6-12-18(13-7-15)34(26,32)33)28(27-21)16-8-10-17(11-9-16)29(30)31/h1-13H,(H2,26,32,33). The van der Waals surface area contributed by atoms with Crippen LogP contribution in [0.25, 0.3) is 28.1 Å². The van der Waals surface area contributed by atoms with Crippen LogP contribution in [0.5, 0.6) is 0 Å². The Kier molecular flexibility index (Phi) is 5.71. The molecule has 3 aromatic carbocycles. The van der Waals surface area contributed by atoms with Gasteiger partial charge in [0.05, 0.1) is 21.2 Å². The molecule has 174 valence electrons. The third-order valence-electron chi connectivity index (χ3n) is 4.98. The number of primary sulfonamides is 1. The highest BCUT2D eigenvalue weighted by atomic mass is 32.2. The van der Waals surface area contributed by atoms with Gasteiger partial charge in [0.1, 0.15) is 0 Å². The van der Waals surface area contributed by atoms with E-state index < -0.39 is 26.8 Å². The van der Waals surface area contributed by atoms with Gasteiger partial charge in [-0.2, -0.15) is 18.3 Å². The number of nitrogens with zero attached hydrogens (tertiary/aromatic N) is 3. The average molecular weight is 488 g/mol. The van der Waals surface area contributed by atoms with E-state index in [1.54, 1.807) is 18.2 Å². The molecule has 4 aromatic rings. The van der Waals surface area contributed by atoms with Gasteiger partial charge in [-0.3, -0.25) is 10.1 Å². The normalized spacial score (nSPS) is 12.0. The third-order valence-corrected chi connectivity index (χ3v) is 5.91. The summed E-state index contributed by atoms with van der Waals surface area (Å²) in [6.07, 6.45) is -4.83. The fourth-order valence-corrected chi connectivity index (χ4v) is 3.98. The summed E-state index contributed by atoms with van der Waals surface area (Å²) in [6.45, 7) is 0. The van der Waals surface area contributed by atoms with Crippen molar-refractivity contribution >= 4 is 15.7 Å². The minimum absolute atomic E-state index is 0.0216. The van der Waals surface area contributed by atoms with Gasteiger partial charge in [0, 0.05) is 23.3 Å². The molecule has 0 radical (unpaired) electrons. The monoisotopic (exact) mass is 488 g/mol. The molecule has 0 amide bonds. The summed E-state index contributed by atoms with van der Waals surface area (Å²) in [5.74, 6) is 0. The van der Waals surface area contributed by atoms with E-state index >= 15 is 0 Å². The van der Waals surface area contributed by atoms with E-state index in [1.807, 2.05) is 0 Å². The highest BCUT2D eigenvalue weighted by molar-refractivity contribution is 7.89. The summed E-state index contributed by atoms with van der Waals surface area (Å²) in [7, 11) is -4.02. The molecule has 0 saturated heterocycles. The lowest BCUT2D eigenvalue weighted by Crippen LogP contribution is -2.11. The number of alkyl halides is 3. The van der Waals surface area contributed by atoms with Gasteiger partial charge in [-0.1, -0.05) is 42.5 Å². The smallest absolute Gasteiger partial charge is 0.258 e. The van der Waals surface area contributed by atoms with Crippen molar-refractivity contribution in [2.45, 2.75) is 11.1 Å². The number of nitro benzene ring substituents is 1. The highest BCUT2D eigenvalue weighted by Gasteiger charge is 2.40. The number of sulfonamides is 1. The predicted octanol–water partition coefficient (Wildman–Crippen LogP) is 4.78. The number of nitrogens with two attached hydrogens (primary N) is 1. The molecule has 1 heterocycles. The molecule has 0 bridgehead atoms. The summed E-state index contributed by atoms with van der Waals surface area (Å²) in [5.41, 5.74) is -1.01. The van der Waals surface area contributed by atoms with Crippen molar-refractivity contribution in [1.82, 2.24) is 9.78 Å². The Morgan fingerprint density at radius 1 is 0.882 bits per heavy atom. The molecule has 0 saturated carbocycles. The maximum absolute atomic E-state index is 14.1. The first-order valence-electron chi connectivity index (χ1n) is 9.60. The van der Waals surface area contributed by atoms with E-state index in [1.165, 1.54) is 48.5 Å². The van der Waals surface area contributed by atoms with Crippen LogP contribution in [0.15, 0.2) is 83.8 Å². The molecule has 2 N–H and O–H groups in total. The summed E-state index contributed by atoms with van der Waals surface area (Å²) in [4.78, 5) is 10.2. The summed E-state index contributed by atoms with van der Waals surface area (Å²) in [6, 6.07) is 17.7. The number of hydrogen-bond acceptors (Lipinski definition) is 5. The van der Waals surface area contributed by atoms with E-state index in [-0.39, 0.29) is 38.7 Å². The molecule has 0 spiro atoms. The number of aromatic nitrogens is 2. The lowest BCUT2D eigenvalue weighted by molar-refractivity contribution is -0.384. The van der Waals surface area contributed by atoms with Crippen molar-refractivity contribution in [3.8, 4) is 28.1 Å². The summed E-state index contributed by atoms with van der Waals surface area (Å²) < 4.78 is 66.6. The average Bonchev–Trinajstić information content (AvgIpc) is 3.20. The zero-order chi connectivity index (χ0) is 24.7. The maximum Gasteiger partial charge on any atom is 0.435 e. The Bertz CT molecular complexity index is 1470. The van der Waals surface area contributed by atoms with Crippen molar-refractivity contribution in [2.24, 2.45) is 5.14 Å². The minimum Gasteiger partial charge on any atom is -0.258 e. The topological polar surface area (TPSA) is 121 Å². The first kappa shape index (κ1) is 23.1. The fraction of sp³-hybridized carbons (Fsp3) is 0.0455. The summed E-state index contributed by atoms with van der Waals surface area (Å²) >= 11 is 0. The van der Waals surface area contributed by atoms with Gasteiger partial charge in [0.25, 0.3) is 5.69 Å². The van der Waals surface area contributed by atoms with Gasteiger partial charge < -0.3 is 0 Å². The van der Waals surface area contributed by atoms with Gasteiger partial charge in [-0.05, 0) is 29.8 Å². The lowest BCUT2D eigenvalue weighted by atomic mass is 9.98. The van der Waals surface area contributed by atoms with Crippen LogP contribution in [0.2, 0.25) is 0 Å². The molecular weight excluding hydrogens is 473 g/mol. The molecule has 0 unspecified atom stereocenters. The van der Waals surface area contributed by atoms with E-state index in [9.17, 15) is 31.7 Å². The first-order chi connectivity index (χ1) is 16.0. The van der Waals surface area contributed by atoms with Gasteiger partial charge >= 0.3 is 6.18 Å². The fourth-order valence-electron chi connectivity index (χ4n) is 3.47. The zero-order valence-electron chi connectivity index (χ0n) is 17.1. The van der Waals surface area contributed by atoms with Crippen LogP contribution in [0.4, 0.5) is 18.9 Å².